The fourth-order valence-electron chi connectivity index (χ4n) is 2.42. The predicted molar refractivity (Wildman–Crippen MR) is 80.9 cm³/mol. The molecule has 1 aromatic rings. The zero-order valence-electron chi connectivity index (χ0n) is 12.1. The van der Waals surface area contributed by atoms with Crippen molar-refractivity contribution in [2.24, 2.45) is 5.92 Å². The average Bonchev–Trinajstić information content (AvgIpc) is 2.45. The maximum Gasteiger partial charge on any atom is 0.241 e. The lowest BCUT2D eigenvalue weighted by atomic mass is 9.95. The summed E-state index contributed by atoms with van der Waals surface area (Å²) in [6.07, 6.45) is 0.404. The van der Waals surface area contributed by atoms with Crippen LogP contribution in [0.4, 0.5) is 10.1 Å². The molecule has 0 aliphatic carbocycles. The van der Waals surface area contributed by atoms with E-state index in [2.05, 4.69) is 5.32 Å². The van der Waals surface area contributed by atoms with Crippen molar-refractivity contribution in [2.45, 2.75) is 32.4 Å². The summed E-state index contributed by atoms with van der Waals surface area (Å²) in [6.45, 7) is 4.94. The molecule has 116 valence electrons. The third kappa shape index (κ3) is 3.93. The zero-order chi connectivity index (χ0) is 15.6. The Bertz CT molecular complexity index is 526. The third-order valence-corrected chi connectivity index (χ3v) is 4.30. The second kappa shape index (κ2) is 6.73. The molecule has 2 rings (SSSR count). The molecule has 0 aromatic heterocycles. The molecule has 1 fully saturated rings. The van der Waals surface area contributed by atoms with Gasteiger partial charge >= 0.3 is 0 Å². The van der Waals surface area contributed by atoms with E-state index in [9.17, 15) is 14.3 Å². The van der Waals surface area contributed by atoms with Crippen molar-refractivity contribution in [1.29, 1.82) is 0 Å². The number of piperidine rings is 1. The topological polar surface area (TPSA) is 52.6 Å². The lowest BCUT2D eigenvalue weighted by molar-refractivity contribution is -0.122. The van der Waals surface area contributed by atoms with Gasteiger partial charge in [-0.15, -0.1) is 0 Å². The largest absolute Gasteiger partial charge is 0.392 e. The van der Waals surface area contributed by atoms with Crippen LogP contribution in [0.1, 0.15) is 20.3 Å². The quantitative estimate of drug-likeness (QED) is 0.901. The monoisotopic (exact) mass is 314 g/mol. The second-order valence-corrected chi connectivity index (χ2v) is 6.05. The van der Waals surface area contributed by atoms with Crippen LogP contribution in [0, 0.1) is 11.7 Å². The van der Waals surface area contributed by atoms with Gasteiger partial charge in [-0.05, 0) is 44.0 Å². The van der Waals surface area contributed by atoms with Gasteiger partial charge in [0.2, 0.25) is 5.91 Å². The highest BCUT2D eigenvalue weighted by molar-refractivity contribution is 6.30. The summed E-state index contributed by atoms with van der Waals surface area (Å²) in [5, 5.41) is 12.8. The van der Waals surface area contributed by atoms with Crippen molar-refractivity contribution in [2.75, 3.05) is 18.4 Å². The van der Waals surface area contributed by atoms with Crippen molar-refractivity contribution in [3.63, 3.8) is 0 Å². The van der Waals surface area contributed by atoms with Crippen LogP contribution in [-0.4, -0.2) is 41.1 Å². The minimum atomic E-state index is -0.521. The van der Waals surface area contributed by atoms with Crippen LogP contribution < -0.4 is 5.32 Å². The van der Waals surface area contributed by atoms with Crippen molar-refractivity contribution in [3.05, 3.63) is 29.0 Å². The van der Waals surface area contributed by atoms with E-state index in [1.54, 1.807) is 6.92 Å². The molecular weight excluding hydrogens is 295 g/mol. The number of carbonyl (C=O) groups excluding carboxylic acids is 1. The molecule has 2 N–H and O–H groups in total. The molecule has 3 atom stereocenters. The van der Waals surface area contributed by atoms with Crippen LogP contribution in [0.15, 0.2) is 18.2 Å². The van der Waals surface area contributed by atoms with Crippen LogP contribution in [0.25, 0.3) is 0 Å². The molecule has 0 bridgehead atoms. The van der Waals surface area contributed by atoms with Gasteiger partial charge in [0.1, 0.15) is 5.82 Å². The fourth-order valence-corrected chi connectivity index (χ4v) is 2.59. The Hall–Kier alpha value is -1.17. The van der Waals surface area contributed by atoms with Gasteiger partial charge in [0.05, 0.1) is 17.8 Å². The highest BCUT2D eigenvalue weighted by atomic mass is 35.5. The van der Waals surface area contributed by atoms with Crippen LogP contribution in [0.2, 0.25) is 5.02 Å². The first kappa shape index (κ1) is 16.2. The maximum atomic E-state index is 13.6. The summed E-state index contributed by atoms with van der Waals surface area (Å²) in [6, 6.07) is 3.59. The smallest absolute Gasteiger partial charge is 0.241 e. The molecular formula is C15H20ClFN2O2. The number of amides is 1. The van der Waals surface area contributed by atoms with Crippen LogP contribution in [0.5, 0.6) is 0 Å². The summed E-state index contributed by atoms with van der Waals surface area (Å²) in [7, 11) is 0. The molecule has 6 heteroatoms. The number of β-amino-alcohol motifs (C(OH)–C–C–N with tert-alkyl or cyclic N) is 1. The molecule has 1 aliphatic rings. The van der Waals surface area contributed by atoms with Crippen LogP contribution in [-0.2, 0) is 4.79 Å². The Kier molecular flexibility index (Phi) is 5.19. The highest BCUT2D eigenvalue weighted by Gasteiger charge is 2.30. The molecule has 0 saturated carbocycles. The van der Waals surface area contributed by atoms with E-state index in [0.29, 0.717) is 11.6 Å². The van der Waals surface area contributed by atoms with Gasteiger partial charge in [0.25, 0.3) is 0 Å². The normalized spacial score (nSPS) is 24.6. The fraction of sp³-hybridized carbons (Fsp3) is 0.533. The molecule has 1 aromatic carbocycles. The number of nitrogens with one attached hydrogen (secondary N) is 1. The third-order valence-electron chi connectivity index (χ3n) is 4.06. The van der Waals surface area contributed by atoms with Crippen LogP contribution >= 0.6 is 11.6 Å². The number of aliphatic hydroxyl groups excluding tert-OH is 1. The van der Waals surface area contributed by atoms with E-state index in [-0.39, 0.29) is 17.5 Å². The number of hydrogen-bond donors (Lipinski definition) is 2. The van der Waals surface area contributed by atoms with E-state index in [1.807, 2.05) is 11.8 Å². The zero-order valence-corrected chi connectivity index (χ0v) is 12.9. The number of carbonyl (C=O) groups is 1. The number of benzene rings is 1. The summed E-state index contributed by atoms with van der Waals surface area (Å²) in [4.78, 5) is 14.1. The van der Waals surface area contributed by atoms with Crippen LogP contribution in [0.3, 0.4) is 0 Å². The first-order valence-electron chi connectivity index (χ1n) is 7.06. The number of anilines is 1. The average molecular weight is 315 g/mol. The van der Waals surface area contributed by atoms with Gasteiger partial charge in [-0.1, -0.05) is 18.5 Å². The minimum Gasteiger partial charge on any atom is -0.392 e. The predicted octanol–water partition coefficient (Wildman–Crippen LogP) is 2.51. The van der Waals surface area contributed by atoms with Gasteiger partial charge in [0, 0.05) is 11.6 Å². The number of halogens is 2. The second-order valence-electron chi connectivity index (χ2n) is 5.62. The van der Waals surface area contributed by atoms with Gasteiger partial charge in [-0.3, -0.25) is 9.69 Å². The highest BCUT2D eigenvalue weighted by Crippen LogP contribution is 2.22. The van der Waals surface area contributed by atoms with Crippen molar-refractivity contribution in [3.8, 4) is 0 Å². The number of rotatable bonds is 3. The Balaban J connectivity index is 2.01. The van der Waals surface area contributed by atoms with Crippen molar-refractivity contribution >= 4 is 23.2 Å². The number of likely N-dealkylation sites (tertiary alicyclic amines) is 1. The Morgan fingerprint density at radius 2 is 2.29 bits per heavy atom. The number of aliphatic hydroxyl groups is 1. The SMILES string of the molecule is CC1CCN(C(C)C(=O)Nc2cc(Cl)ccc2F)CC1O. The Morgan fingerprint density at radius 3 is 2.95 bits per heavy atom. The van der Waals surface area contributed by atoms with Crippen molar-refractivity contribution in [1.82, 2.24) is 4.90 Å². The molecule has 1 aliphatic heterocycles. The van der Waals surface area contributed by atoms with Crippen molar-refractivity contribution < 1.29 is 14.3 Å². The molecule has 21 heavy (non-hydrogen) atoms. The van der Waals surface area contributed by atoms with E-state index >= 15 is 0 Å². The molecule has 1 heterocycles. The number of hydrogen-bond acceptors (Lipinski definition) is 3. The van der Waals surface area contributed by atoms with Gasteiger partial charge in [-0.25, -0.2) is 4.39 Å². The van der Waals surface area contributed by atoms with Gasteiger partial charge < -0.3 is 10.4 Å². The van der Waals surface area contributed by atoms with Gasteiger partial charge in [-0.2, -0.15) is 0 Å². The summed E-state index contributed by atoms with van der Waals surface area (Å²) in [5.74, 6) is -0.591. The molecule has 0 spiro atoms. The lowest BCUT2D eigenvalue weighted by Crippen LogP contribution is -2.50. The lowest BCUT2D eigenvalue weighted by Gasteiger charge is -2.37. The van der Waals surface area contributed by atoms with E-state index < -0.39 is 18.0 Å². The minimum absolute atomic E-state index is 0.0743. The summed E-state index contributed by atoms with van der Waals surface area (Å²) in [5.41, 5.74) is 0.0743. The molecule has 1 amide bonds. The standard InChI is InChI=1S/C15H20ClFN2O2/c1-9-5-6-19(8-14(9)20)10(2)15(21)18-13-7-11(16)3-4-12(13)17/h3-4,7,9-10,14,20H,5-6,8H2,1-2H3,(H,18,21). The van der Waals surface area contributed by atoms with Gasteiger partial charge in [0.15, 0.2) is 0 Å². The Morgan fingerprint density at radius 1 is 1.57 bits per heavy atom. The summed E-state index contributed by atoms with van der Waals surface area (Å²) >= 11 is 5.80. The molecule has 4 nitrogen and oxygen atoms in total. The number of nitrogens with zero attached hydrogens (tertiary/aromatic N) is 1. The Labute approximate surface area is 128 Å². The molecule has 3 unspecified atom stereocenters. The molecule has 1 saturated heterocycles. The molecule has 0 radical (unpaired) electrons. The first-order chi connectivity index (χ1) is 9.88. The van der Waals surface area contributed by atoms with E-state index in [1.165, 1.54) is 18.2 Å². The maximum absolute atomic E-state index is 13.6. The summed E-state index contributed by atoms with van der Waals surface area (Å²) < 4.78 is 13.6. The van der Waals surface area contributed by atoms with E-state index in [0.717, 1.165) is 13.0 Å². The van der Waals surface area contributed by atoms with E-state index in [4.69, 9.17) is 11.6 Å². The first-order valence-corrected chi connectivity index (χ1v) is 7.44.